The number of hydrogen-bond acceptors (Lipinski definition) is 3. The van der Waals surface area contributed by atoms with Crippen LogP contribution in [0.15, 0.2) is 0 Å². The van der Waals surface area contributed by atoms with Gasteiger partial charge < -0.3 is 0 Å². The van der Waals surface area contributed by atoms with Crippen LogP contribution in [0.3, 0.4) is 0 Å². The molecule has 0 radical (unpaired) electrons. The van der Waals surface area contributed by atoms with Gasteiger partial charge in [-0.2, -0.15) is 0 Å². The zero-order valence-corrected chi connectivity index (χ0v) is 19.0. The Morgan fingerprint density at radius 1 is 1.05 bits per heavy atom. The fourth-order valence-corrected chi connectivity index (χ4v) is 15.5. The summed E-state index contributed by atoms with van der Waals surface area (Å²) in [6, 6.07) is 0. The van der Waals surface area contributed by atoms with E-state index in [2.05, 4.69) is 25.7 Å². The summed E-state index contributed by atoms with van der Waals surface area (Å²) in [5.41, 5.74) is 0. The molecule has 6 heteroatoms. The van der Waals surface area contributed by atoms with Crippen molar-refractivity contribution >= 4 is 20.6 Å². The Morgan fingerprint density at radius 2 is 1.55 bits per heavy atom. The van der Waals surface area contributed by atoms with Crippen LogP contribution in [0.1, 0.15) is 40.0 Å². The minimum atomic E-state index is -3.17. The van der Waals surface area contributed by atoms with Crippen LogP contribution in [0.5, 0.6) is 0 Å². The summed E-state index contributed by atoms with van der Waals surface area (Å²) in [7, 11) is -3.17. The standard InChI is InChI=1S/C14H32GeNO2P.Na/c1-4-15(5-2,6-3)10-13-19(17,18)14-16-11-8-7-9-12-16;/h4-14H2,1-3H3,(H,17,18);/q;+1/p-1. The predicted molar refractivity (Wildman–Crippen MR) is 84.8 cm³/mol. The summed E-state index contributed by atoms with van der Waals surface area (Å²) >= 11 is -1.82. The molecule has 0 aliphatic carbocycles. The van der Waals surface area contributed by atoms with Crippen LogP contribution in [0.4, 0.5) is 0 Å². The van der Waals surface area contributed by atoms with Crippen molar-refractivity contribution in [2.75, 3.05) is 25.5 Å². The molecule has 1 saturated heterocycles. The molecule has 0 bridgehead atoms. The van der Waals surface area contributed by atoms with Crippen LogP contribution in [0.2, 0.25) is 21.0 Å². The monoisotopic (exact) mass is 373 g/mol. The molecule has 1 aliphatic rings. The van der Waals surface area contributed by atoms with Crippen LogP contribution in [0, 0.1) is 0 Å². The van der Waals surface area contributed by atoms with Gasteiger partial charge in [-0.25, -0.2) is 0 Å². The molecule has 3 nitrogen and oxygen atoms in total. The van der Waals surface area contributed by atoms with Gasteiger partial charge in [0.05, 0.1) is 0 Å². The molecule has 20 heavy (non-hydrogen) atoms. The minimum absolute atomic E-state index is 0. The van der Waals surface area contributed by atoms with Gasteiger partial charge >= 0.3 is 151 Å². The molecule has 1 atom stereocenters. The SMILES string of the molecule is C[CH2][Ge]([CH2]C)([CH2]C)[CH2]CP(=O)([O-])CN1CCCCC1.[Na+]. The first-order valence-electron chi connectivity index (χ1n) is 7.98. The summed E-state index contributed by atoms with van der Waals surface area (Å²) in [4.78, 5) is 14.5. The molecule has 0 spiro atoms. The molecule has 0 aromatic rings. The first-order chi connectivity index (χ1) is 8.97. The van der Waals surface area contributed by atoms with E-state index in [1.165, 1.54) is 35.0 Å². The summed E-state index contributed by atoms with van der Waals surface area (Å²) < 4.78 is 12.3. The Kier molecular flexibility index (Phi) is 11.3. The topological polar surface area (TPSA) is 43.4 Å². The summed E-state index contributed by atoms with van der Waals surface area (Å²) in [6.45, 7) is 8.77. The van der Waals surface area contributed by atoms with E-state index in [1.54, 1.807) is 0 Å². The van der Waals surface area contributed by atoms with Crippen LogP contribution < -0.4 is 34.5 Å². The molecule has 0 aromatic heterocycles. The molecule has 1 aliphatic heterocycles. The van der Waals surface area contributed by atoms with Crippen molar-refractivity contribution in [2.24, 2.45) is 0 Å². The van der Waals surface area contributed by atoms with E-state index in [1.807, 2.05) is 0 Å². The van der Waals surface area contributed by atoms with Gasteiger partial charge in [-0.05, 0) is 0 Å². The molecule has 0 N–H and O–H groups in total. The van der Waals surface area contributed by atoms with Crippen molar-refractivity contribution in [1.29, 1.82) is 0 Å². The third-order valence-corrected chi connectivity index (χ3v) is 19.9. The number of hydrogen-bond donors (Lipinski definition) is 0. The second kappa shape index (κ2) is 10.5. The van der Waals surface area contributed by atoms with E-state index in [4.69, 9.17) is 0 Å². The quantitative estimate of drug-likeness (QED) is 0.463. The third kappa shape index (κ3) is 7.30. The van der Waals surface area contributed by atoms with Crippen molar-refractivity contribution in [1.82, 2.24) is 4.90 Å². The first-order valence-corrected chi connectivity index (χ1v) is 15.9. The zero-order chi connectivity index (χ0) is 14.4. The molecule has 1 unspecified atom stereocenters. The van der Waals surface area contributed by atoms with Crippen molar-refractivity contribution in [3.05, 3.63) is 0 Å². The molecule has 0 aromatic carbocycles. The molecule has 1 rings (SSSR count). The summed E-state index contributed by atoms with van der Waals surface area (Å²) in [5.74, 6) is 0. The fraction of sp³-hybridized carbons (Fsp3) is 1.00. The predicted octanol–water partition coefficient (Wildman–Crippen LogP) is 0.581. The third-order valence-electron chi connectivity index (χ3n) is 5.10. The number of likely N-dealkylation sites (tertiary alicyclic amines) is 1. The van der Waals surface area contributed by atoms with E-state index >= 15 is 0 Å². The second-order valence-electron chi connectivity index (χ2n) is 6.17. The Morgan fingerprint density at radius 3 is 2.00 bits per heavy atom. The molecule has 1 heterocycles. The maximum absolute atomic E-state index is 12.3. The zero-order valence-electron chi connectivity index (χ0n) is 14.0. The van der Waals surface area contributed by atoms with Crippen LogP contribution in [-0.4, -0.2) is 43.7 Å². The summed E-state index contributed by atoms with van der Waals surface area (Å²) in [6.07, 6.45) is 4.41. The van der Waals surface area contributed by atoms with Crippen molar-refractivity contribution in [3.8, 4) is 0 Å². The van der Waals surface area contributed by atoms with Gasteiger partial charge in [-0.15, -0.1) is 0 Å². The smallest absolute Gasteiger partial charge is 1.00 e. The van der Waals surface area contributed by atoms with Crippen LogP contribution >= 0.6 is 7.37 Å². The maximum atomic E-state index is 12.3. The Bertz CT molecular complexity index is 299. The molecular weight excluding hydrogens is 341 g/mol. The van der Waals surface area contributed by atoms with Gasteiger partial charge in [-0.3, -0.25) is 0 Å². The van der Waals surface area contributed by atoms with Crippen LogP contribution in [0.25, 0.3) is 0 Å². The van der Waals surface area contributed by atoms with Crippen molar-refractivity contribution in [3.63, 3.8) is 0 Å². The minimum Gasteiger partial charge on any atom is 1.00 e. The summed E-state index contributed by atoms with van der Waals surface area (Å²) in [5, 5.41) is 4.85. The normalized spacial score (nSPS) is 20.2. The van der Waals surface area contributed by atoms with E-state index in [0.717, 1.165) is 18.3 Å². The van der Waals surface area contributed by atoms with Gasteiger partial charge in [0.2, 0.25) is 0 Å². The van der Waals surface area contributed by atoms with E-state index < -0.39 is 20.6 Å². The van der Waals surface area contributed by atoms with Crippen molar-refractivity contribution in [2.45, 2.75) is 61.0 Å². The van der Waals surface area contributed by atoms with Gasteiger partial charge in [0.25, 0.3) is 0 Å². The molecule has 0 amide bonds. The van der Waals surface area contributed by atoms with E-state index in [-0.39, 0.29) is 29.6 Å². The van der Waals surface area contributed by atoms with Gasteiger partial charge in [0.1, 0.15) is 0 Å². The molecule has 114 valence electrons. The largest absolute Gasteiger partial charge is 1.00 e. The number of piperidine rings is 1. The second-order valence-corrected chi connectivity index (χ2v) is 20.3. The van der Waals surface area contributed by atoms with Gasteiger partial charge in [0.15, 0.2) is 0 Å². The van der Waals surface area contributed by atoms with Gasteiger partial charge in [0, 0.05) is 0 Å². The molecular formula is C14H31GeNNaO2P. The first kappa shape index (κ1) is 21.7. The van der Waals surface area contributed by atoms with Crippen molar-refractivity contribution < 1.29 is 39.0 Å². The average molecular weight is 372 g/mol. The molecule has 0 saturated carbocycles. The fourth-order valence-electron chi connectivity index (χ4n) is 3.16. The number of rotatable bonds is 8. The Labute approximate surface area is 150 Å². The Balaban J connectivity index is 0.00000361. The van der Waals surface area contributed by atoms with Gasteiger partial charge in [-0.1, -0.05) is 0 Å². The Hall–Kier alpha value is 1.69. The van der Waals surface area contributed by atoms with Crippen LogP contribution in [-0.2, 0) is 4.57 Å². The number of nitrogens with zero attached hydrogens (tertiary/aromatic N) is 1. The maximum Gasteiger partial charge on any atom is 1.00 e. The average Bonchev–Trinajstić information content (AvgIpc) is 2.41. The van der Waals surface area contributed by atoms with E-state index in [0.29, 0.717) is 12.4 Å². The van der Waals surface area contributed by atoms with E-state index in [9.17, 15) is 9.46 Å². The molecule has 1 fully saturated rings.